The number of fused-ring (bicyclic) bond motifs is 4. The molecule has 0 aliphatic heterocycles. The lowest BCUT2D eigenvalue weighted by Gasteiger charge is -2.08. The minimum Gasteiger partial charge on any atom is -0.455 e. The molecule has 0 aliphatic carbocycles. The Morgan fingerprint density at radius 3 is 1.63 bits per heavy atom. The summed E-state index contributed by atoms with van der Waals surface area (Å²) in [6.45, 7) is 0. The number of nitrogens with zero attached hydrogens (tertiary/aromatic N) is 4. The van der Waals surface area contributed by atoms with Crippen LogP contribution in [-0.2, 0) is 0 Å². The lowest BCUT2D eigenvalue weighted by atomic mass is 10.0. The Morgan fingerprint density at radius 2 is 0.957 bits per heavy atom. The third-order valence-corrected chi connectivity index (χ3v) is 8.18. The van der Waals surface area contributed by atoms with Crippen molar-refractivity contribution in [3.63, 3.8) is 0 Å². The van der Waals surface area contributed by atoms with Gasteiger partial charge in [-0.25, -0.2) is 19.9 Å². The Balaban J connectivity index is 1.16. The summed E-state index contributed by atoms with van der Waals surface area (Å²) in [5, 5.41) is 2.06. The summed E-state index contributed by atoms with van der Waals surface area (Å²) in [5.41, 5.74) is 8.73. The Hall–Kier alpha value is -6.40. The molecule has 6 heteroatoms. The first kappa shape index (κ1) is 26.0. The van der Waals surface area contributed by atoms with Crippen molar-refractivity contribution in [2.24, 2.45) is 0 Å². The lowest BCUT2D eigenvalue weighted by Crippen LogP contribution is -2.00. The van der Waals surface area contributed by atoms with E-state index in [1.165, 1.54) is 0 Å². The average molecular weight is 593 g/mol. The second-order valence-corrected chi connectivity index (χ2v) is 11.1. The molecular formula is C40H24N4O2. The second-order valence-electron chi connectivity index (χ2n) is 11.1. The third-order valence-electron chi connectivity index (χ3n) is 8.18. The average Bonchev–Trinajstić information content (AvgIpc) is 3.74. The predicted octanol–water partition coefficient (Wildman–Crippen LogP) is 10.2. The number of furan rings is 1. The zero-order valence-electron chi connectivity index (χ0n) is 24.5. The van der Waals surface area contributed by atoms with Crippen LogP contribution in [0.5, 0.6) is 0 Å². The molecule has 0 saturated heterocycles. The van der Waals surface area contributed by atoms with Gasteiger partial charge >= 0.3 is 0 Å². The second kappa shape index (κ2) is 10.6. The predicted molar refractivity (Wildman–Crippen MR) is 182 cm³/mol. The van der Waals surface area contributed by atoms with Crippen LogP contribution >= 0.6 is 0 Å². The number of benzene rings is 6. The molecule has 6 nitrogen and oxygen atoms in total. The van der Waals surface area contributed by atoms with E-state index in [0.29, 0.717) is 23.4 Å². The molecule has 0 radical (unpaired) electrons. The fourth-order valence-electron chi connectivity index (χ4n) is 5.90. The van der Waals surface area contributed by atoms with Crippen molar-refractivity contribution >= 4 is 33.0 Å². The molecule has 9 aromatic rings. The van der Waals surface area contributed by atoms with Gasteiger partial charge in [0.2, 0.25) is 5.89 Å². The molecule has 0 fully saturated rings. The highest BCUT2D eigenvalue weighted by atomic mass is 16.3. The maximum absolute atomic E-state index is 6.60. The van der Waals surface area contributed by atoms with Gasteiger partial charge in [0.1, 0.15) is 16.7 Å². The van der Waals surface area contributed by atoms with Crippen molar-refractivity contribution in [2.45, 2.75) is 0 Å². The topological polar surface area (TPSA) is 77.8 Å². The van der Waals surface area contributed by atoms with Gasteiger partial charge in [-0.05, 0) is 42.0 Å². The molecule has 216 valence electrons. The fourth-order valence-corrected chi connectivity index (χ4v) is 5.90. The van der Waals surface area contributed by atoms with E-state index in [4.69, 9.17) is 28.8 Å². The summed E-state index contributed by atoms with van der Waals surface area (Å²) < 4.78 is 12.8. The Morgan fingerprint density at radius 1 is 0.370 bits per heavy atom. The molecule has 0 saturated carbocycles. The Labute approximate surface area is 263 Å². The number of hydrogen-bond donors (Lipinski definition) is 0. The summed E-state index contributed by atoms with van der Waals surface area (Å²) >= 11 is 0. The molecule has 0 bridgehead atoms. The maximum Gasteiger partial charge on any atom is 0.227 e. The molecule has 0 unspecified atom stereocenters. The first-order chi connectivity index (χ1) is 22.8. The van der Waals surface area contributed by atoms with E-state index < -0.39 is 0 Å². The van der Waals surface area contributed by atoms with Crippen molar-refractivity contribution in [1.29, 1.82) is 0 Å². The molecule has 3 heterocycles. The van der Waals surface area contributed by atoms with Crippen LogP contribution in [0, 0.1) is 0 Å². The molecule has 0 spiro atoms. The molecule has 46 heavy (non-hydrogen) atoms. The number of aromatic nitrogens is 4. The highest BCUT2D eigenvalue weighted by molar-refractivity contribution is 6.10. The van der Waals surface area contributed by atoms with E-state index in [1.807, 2.05) is 109 Å². The third kappa shape index (κ3) is 4.52. The van der Waals surface area contributed by atoms with E-state index in [-0.39, 0.29) is 0 Å². The van der Waals surface area contributed by atoms with E-state index in [0.717, 1.165) is 66.4 Å². The minimum absolute atomic E-state index is 0.584. The largest absolute Gasteiger partial charge is 0.455 e. The highest BCUT2D eigenvalue weighted by Crippen LogP contribution is 2.38. The van der Waals surface area contributed by atoms with Gasteiger partial charge in [-0.1, -0.05) is 109 Å². The van der Waals surface area contributed by atoms with Gasteiger partial charge in [-0.2, -0.15) is 0 Å². The normalized spacial score (nSPS) is 11.5. The first-order valence-electron chi connectivity index (χ1n) is 15.1. The molecule has 6 aromatic carbocycles. The van der Waals surface area contributed by atoms with Crippen molar-refractivity contribution in [3.05, 3.63) is 146 Å². The number of hydrogen-bond acceptors (Lipinski definition) is 6. The molecule has 0 atom stereocenters. The van der Waals surface area contributed by atoms with Crippen LogP contribution in [0.2, 0.25) is 0 Å². The number of para-hydroxylation sites is 1. The number of rotatable bonds is 5. The van der Waals surface area contributed by atoms with Crippen molar-refractivity contribution in [1.82, 2.24) is 19.9 Å². The van der Waals surface area contributed by atoms with Gasteiger partial charge in [0.15, 0.2) is 23.1 Å². The van der Waals surface area contributed by atoms with Gasteiger partial charge in [0.25, 0.3) is 0 Å². The quantitative estimate of drug-likeness (QED) is 0.198. The lowest BCUT2D eigenvalue weighted by molar-refractivity contribution is 0.620. The Kier molecular flexibility index (Phi) is 6.03. The molecule has 0 amide bonds. The van der Waals surface area contributed by atoms with Crippen molar-refractivity contribution < 1.29 is 8.83 Å². The fraction of sp³-hybridized carbons (Fsp3) is 0. The van der Waals surface area contributed by atoms with Crippen LogP contribution in [0.1, 0.15) is 0 Å². The standard InChI is InChI=1S/C40H24N4O2/c1-4-11-25(12-5-1)37-42-38(26-13-6-2-7-14-26)44-39(43-37)29-19-21-31-32-18-10-17-30(36(32)45-34(31)24-29)28-20-22-33-35(23-28)46-40(41-33)27-15-8-3-9-16-27/h1-24H. The molecular weight excluding hydrogens is 568 g/mol. The van der Waals surface area contributed by atoms with E-state index in [2.05, 4.69) is 36.4 Å². The van der Waals surface area contributed by atoms with E-state index in [1.54, 1.807) is 0 Å². The van der Waals surface area contributed by atoms with Gasteiger partial charge in [-0.3, -0.25) is 0 Å². The van der Waals surface area contributed by atoms with Gasteiger partial charge in [-0.15, -0.1) is 0 Å². The minimum atomic E-state index is 0.584. The molecule has 0 aliphatic rings. The first-order valence-corrected chi connectivity index (χ1v) is 15.1. The summed E-state index contributed by atoms with van der Waals surface area (Å²) in [7, 11) is 0. The van der Waals surface area contributed by atoms with Gasteiger partial charge in [0.05, 0.1) is 0 Å². The van der Waals surface area contributed by atoms with Crippen LogP contribution in [0.15, 0.2) is 154 Å². The summed E-state index contributed by atoms with van der Waals surface area (Å²) in [4.78, 5) is 19.3. The van der Waals surface area contributed by atoms with Crippen molar-refractivity contribution in [2.75, 3.05) is 0 Å². The summed E-state index contributed by atoms with van der Waals surface area (Å²) in [5.74, 6) is 2.43. The zero-order valence-corrected chi connectivity index (χ0v) is 24.5. The molecule has 0 N–H and O–H groups in total. The van der Waals surface area contributed by atoms with Crippen LogP contribution < -0.4 is 0 Å². The smallest absolute Gasteiger partial charge is 0.227 e. The van der Waals surface area contributed by atoms with E-state index in [9.17, 15) is 0 Å². The van der Waals surface area contributed by atoms with Crippen LogP contribution in [-0.4, -0.2) is 19.9 Å². The van der Waals surface area contributed by atoms with Gasteiger partial charge < -0.3 is 8.83 Å². The van der Waals surface area contributed by atoms with E-state index >= 15 is 0 Å². The van der Waals surface area contributed by atoms with Gasteiger partial charge in [0, 0.05) is 38.6 Å². The maximum atomic E-state index is 6.60. The summed E-state index contributed by atoms with van der Waals surface area (Å²) in [6, 6.07) is 48.4. The summed E-state index contributed by atoms with van der Waals surface area (Å²) in [6.07, 6.45) is 0. The Bertz CT molecular complexity index is 2460. The van der Waals surface area contributed by atoms with Crippen LogP contribution in [0.25, 0.3) is 89.8 Å². The van der Waals surface area contributed by atoms with Crippen molar-refractivity contribution in [3.8, 4) is 56.7 Å². The van der Waals surface area contributed by atoms with Crippen LogP contribution in [0.4, 0.5) is 0 Å². The zero-order chi connectivity index (χ0) is 30.5. The highest BCUT2D eigenvalue weighted by Gasteiger charge is 2.17. The molecule has 9 rings (SSSR count). The monoisotopic (exact) mass is 592 g/mol. The van der Waals surface area contributed by atoms with Crippen LogP contribution in [0.3, 0.4) is 0 Å². The number of oxazole rings is 1. The SMILES string of the molecule is c1ccc(-c2nc(-c3ccccc3)nc(-c3ccc4c(c3)oc3c(-c5ccc6nc(-c7ccccc7)oc6c5)cccc34)n2)cc1. The molecule has 3 aromatic heterocycles.